The summed E-state index contributed by atoms with van der Waals surface area (Å²) < 4.78 is 36.9. The number of nitrogens with one attached hydrogen (secondary N) is 2. The minimum Gasteiger partial charge on any atom is -0.443 e. The fourth-order valence-electron chi connectivity index (χ4n) is 2.00. The summed E-state index contributed by atoms with van der Waals surface area (Å²) in [5.41, 5.74) is 11.9. The van der Waals surface area contributed by atoms with Crippen LogP contribution in [-0.2, 0) is 38.0 Å². The van der Waals surface area contributed by atoms with Crippen LogP contribution in [0.2, 0.25) is 0 Å². The van der Waals surface area contributed by atoms with E-state index in [4.69, 9.17) is 38.7 Å². The molecule has 0 saturated carbocycles. The Hall–Kier alpha value is -2.19. The third-order valence-corrected chi connectivity index (χ3v) is 3.44. The van der Waals surface area contributed by atoms with E-state index >= 15 is 0 Å². The zero-order chi connectivity index (χ0) is 25.3. The van der Waals surface area contributed by atoms with Crippen molar-refractivity contribution in [3.8, 4) is 0 Å². The SMILES string of the molecule is CC(C)(C)OC(=O)NNC(=O)CCOCCOCCOCCOCCOCCOCCN=[N+]=[N-]. The second-order valence-electron chi connectivity index (χ2n) is 7.55. The standard InChI is InChI=1S/C20H39N5O9/c1-20(2,3)34-19(27)24-23-18(26)4-6-28-8-10-30-12-14-32-16-17-33-15-13-31-11-9-29-7-5-22-25-21/h4-17H2,1-3H3,(H,23,26)(H,24,27). The van der Waals surface area contributed by atoms with Crippen molar-refractivity contribution < 1.29 is 42.7 Å². The molecule has 0 aliphatic heterocycles. The van der Waals surface area contributed by atoms with Gasteiger partial charge in [0.2, 0.25) is 5.91 Å². The van der Waals surface area contributed by atoms with Crippen LogP contribution in [0.15, 0.2) is 5.11 Å². The molecule has 0 bridgehead atoms. The summed E-state index contributed by atoms with van der Waals surface area (Å²) in [7, 11) is 0. The summed E-state index contributed by atoms with van der Waals surface area (Å²) in [6, 6.07) is 0. The van der Waals surface area contributed by atoms with Crippen LogP contribution in [0, 0.1) is 0 Å². The van der Waals surface area contributed by atoms with E-state index in [-0.39, 0.29) is 18.9 Å². The van der Waals surface area contributed by atoms with Crippen molar-refractivity contribution >= 4 is 12.0 Å². The molecule has 0 aromatic rings. The number of carbonyl (C=O) groups is 2. The van der Waals surface area contributed by atoms with E-state index in [0.29, 0.717) is 79.2 Å². The van der Waals surface area contributed by atoms with Crippen molar-refractivity contribution in [1.82, 2.24) is 10.9 Å². The van der Waals surface area contributed by atoms with Crippen LogP contribution in [0.5, 0.6) is 0 Å². The van der Waals surface area contributed by atoms with Crippen LogP contribution < -0.4 is 10.9 Å². The van der Waals surface area contributed by atoms with E-state index in [2.05, 4.69) is 20.9 Å². The summed E-state index contributed by atoms with van der Waals surface area (Å²) in [6.45, 7) is 10.4. The molecule has 0 spiro atoms. The number of hydrogen-bond acceptors (Lipinski definition) is 10. The second-order valence-corrected chi connectivity index (χ2v) is 7.55. The van der Waals surface area contributed by atoms with Crippen molar-refractivity contribution in [2.75, 3.05) is 85.8 Å². The first-order valence-electron chi connectivity index (χ1n) is 11.1. The summed E-state index contributed by atoms with van der Waals surface area (Å²) in [5.74, 6) is -0.387. The Labute approximate surface area is 200 Å². The average molecular weight is 494 g/mol. The maximum atomic E-state index is 11.6. The highest BCUT2D eigenvalue weighted by molar-refractivity contribution is 5.79. The van der Waals surface area contributed by atoms with Crippen LogP contribution in [0.1, 0.15) is 27.2 Å². The van der Waals surface area contributed by atoms with Gasteiger partial charge in [0.25, 0.3) is 0 Å². The second kappa shape index (κ2) is 22.6. The van der Waals surface area contributed by atoms with Crippen LogP contribution >= 0.6 is 0 Å². The molecule has 0 aliphatic carbocycles. The Morgan fingerprint density at radius 2 is 1.12 bits per heavy atom. The zero-order valence-electron chi connectivity index (χ0n) is 20.4. The van der Waals surface area contributed by atoms with E-state index < -0.39 is 11.7 Å². The normalized spacial score (nSPS) is 11.0. The van der Waals surface area contributed by atoms with Gasteiger partial charge in [-0.1, -0.05) is 5.11 Å². The highest BCUT2D eigenvalue weighted by atomic mass is 16.6. The number of nitrogens with zero attached hydrogens (tertiary/aromatic N) is 3. The molecule has 0 heterocycles. The molecule has 0 aromatic carbocycles. The highest BCUT2D eigenvalue weighted by Crippen LogP contribution is 2.05. The van der Waals surface area contributed by atoms with Crippen molar-refractivity contribution in [1.29, 1.82) is 0 Å². The maximum Gasteiger partial charge on any atom is 0.426 e. The van der Waals surface area contributed by atoms with Crippen molar-refractivity contribution in [3.05, 3.63) is 10.4 Å². The van der Waals surface area contributed by atoms with Crippen molar-refractivity contribution in [3.63, 3.8) is 0 Å². The van der Waals surface area contributed by atoms with Crippen molar-refractivity contribution in [2.24, 2.45) is 5.11 Å². The molecule has 0 rings (SSSR count). The lowest BCUT2D eigenvalue weighted by Gasteiger charge is -2.19. The van der Waals surface area contributed by atoms with Gasteiger partial charge in [-0.05, 0) is 26.3 Å². The molecule has 14 nitrogen and oxygen atoms in total. The molecule has 0 unspecified atom stereocenters. The molecular weight excluding hydrogens is 454 g/mol. The lowest BCUT2D eigenvalue weighted by molar-refractivity contribution is -0.123. The zero-order valence-corrected chi connectivity index (χ0v) is 20.4. The van der Waals surface area contributed by atoms with Gasteiger partial charge in [0, 0.05) is 11.5 Å². The third-order valence-electron chi connectivity index (χ3n) is 3.44. The van der Waals surface area contributed by atoms with E-state index in [1.807, 2.05) is 0 Å². The lowest BCUT2D eigenvalue weighted by atomic mass is 10.2. The third kappa shape index (κ3) is 26.1. The Kier molecular flexibility index (Phi) is 21.1. The van der Waals surface area contributed by atoms with Gasteiger partial charge < -0.3 is 33.2 Å². The topological polar surface area (TPSA) is 172 Å². The van der Waals surface area contributed by atoms with Crippen molar-refractivity contribution in [2.45, 2.75) is 32.8 Å². The first-order valence-corrected chi connectivity index (χ1v) is 11.1. The first kappa shape index (κ1) is 31.8. The number of ether oxygens (including phenoxy) is 7. The van der Waals surface area contributed by atoms with Gasteiger partial charge in [-0.15, -0.1) is 0 Å². The van der Waals surface area contributed by atoms with Crippen LogP contribution in [0.3, 0.4) is 0 Å². The predicted octanol–water partition coefficient (Wildman–Crippen LogP) is 1.34. The quantitative estimate of drug-likeness (QED) is 0.0787. The predicted molar refractivity (Wildman–Crippen MR) is 121 cm³/mol. The fourth-order valence-corrected chi connectivity index (χ4v) is 2.00. The smallest absolute Gasteiger partial charge is 0.426 e. The van der Waals surface area contributed by atoms with Gasteiger partial charge in [-0.3, -0.25) is 10.2 Å². The number of azide groups is 1. The summed E-state index contributed by atoms with van der Waals surface area (Å²) >= 11 is 0. The molecule has 0 saturated heterocycles. The Bertz CT molecular complexity index is 569. The number of hydrogen-bond donors (Lipinski definition) is 2. The minimum absolute atomic E-state index is 0.0938. The molecular formula is C20H39N5O9. The molecule has 0 aromatic heterocycles. The number of rotatable bonds is 21. The molecule has 34 heavy (non-hydrogen) atoms. The molecule has 0 radical (unpaired) electrons. The van der Waals surface area contributed by atoms with Gasteiger partial charge in [0.1, 0.15) is 5.60 Å². The Morgan fingerprint density at radius 3 is 1.53 bits per heavy atom. The van der Waals surface area contributed by atoms with Gasteiger partial charge in [-0.2, -0.15) is 0 Å². The molecule has 2 N–H and O–H groups in total. The van der Waals surface area contributed by atoms with Gasteiger partial charge in [0.05, 0.1) is 85.7 Å². The van der Waals surface area contributed by atoms with Crippen LogP contribution in [0.25, 0.3) is 10.4 Å². The van der Waals surface area contributed by atoms with Crippen LogP contribution in [-0.4, -0.2) is 103 Å². The average Bonchev–Trinajstić information content (AvgIpc) is 2.77. The molecule has 0 aliphatic rings. The van der Waals surface area contributed by atoms with E-state index in [9.17, 15) is 9.59 Å². The summed E-state index contributed by atoms with van der Waals surface area (Å²) in [4.78, 5) is 25.6. The Morgan fingerprint density at radius 1 is 0.706 bits per heavy atom. The largest absolute Gasteiger partial charge is 0.443 e. The van der Waals surface area contributed by atoms with Gasteiger partial charge >= 0.3 is 6.09 Å². The Balaban J connectivity index is 3.23. The maximum absolute atomic E-state index is 11.6. The highest BCUT2D eigenvalue weighted by Gasteiger charge is 2.16. The van der Waals surface area contributed by atoms with Gasteiger partial charge in [-0.25, -0.2) is 10.2 Å². The molecule has 198 valence electrons. The molecule has 0 fully saturated rings. The van der Waals surface area contributed by atoms with E-state index in [1.165, 1.54) is 0 Å². The number of hydrazine groups is 1. The van der Waals surface area contributed by atoms with E-state index in [0.717, 1.165) is 0 Å². The first-order chi connectivity index (χ1) is 16.3. The fraction of sp³-hybridized carbons (Fsp3) is 0.900. The number of carbonyl (C=O) groups excluding carboxylic acids is 2. The van der Waals surface area contributed by atoms with Crippen LogP contribution in [0.4, 0.5) is 4.79 Å². The monoisotopic (exact) mass is 493 g/mol. The summed E-state index contributed by atoms with van der Waals surface area (Å²) in [6.07, 6.45) is -0.632. The molecule has 2 amide bonds. The van der Waals surface area contributed by atoms with Gasteiger partial charge in [0.15, 0.2) is 0 Å². The lowest BCUT2D eigenvalue weighted by Crippen LogP contribution is -2.44. The summed E-state index contributed by atoms with van der Waals surface area (Å²) in [5, 5.41) is 3.35. The number of amides is 2. The molecule has 14 heteroatoms. The van der Waals surface area contributed by atoms with E-state index in [1.54, 1.807) is 20.8 Å². The minimum atomic E-state index is -0.726. The molecule has 0 atom stereocenters.